The summed E-state index contributed by atoms with van der Waals surface area (Å²) in [5.41, 5.74) is 2.96. The molecule has 0 saturated carbocycles. The fourth-order valence-corrected chi connectivity index (χ4v) is 2.63. The van der Waals surface area contributed by atoms with Gasteiger partial charge in [-0.25, -0.2) is 4.98 Å². The van der Waals surface area contributed by atoms with Crippen molar-refractivity contribution in [2.24, 2.45) is 0 Å². The van der Waals surface area contributed by atoms with E-state index in [-0.39, 0.29) is 0 Å². The van der Waals surface area contributed by atoms with Crippen molar-refractivity contribution in [3.05, 3.63) is 48.3 Å². The van der Waals surface area contributed by atoms with Gasteiger partial charge in [0.1, 0.15) is 5.75 Å². The minimum absolute atomic E-state index is 0.331. The molecule has 0 bridgehead atoms. The summed E-state index contributed by atoms with van der Waals surface area (Å²) in [6.45, 7) is 4.31. The highest BCUT2D eigenvalue weighted by Gasteiger charge is 2.12. The van der Waals surface area contributed by atoms with Crippen LogP contribution in [0.2, 0.25) is 0 Å². The molecule has 0 spiro atoms. The maximum absolute atomic E-state index is 5.35. The maximum atomic E-state index is 5.35. The molecule has 0 aliphatic carbocycles. The van der Waals surface area contributed by atoms with Gasteiger partial charge in [-0.1, -0.05) is 13.8 Å². The molecular formula is C19H20N2O2. The van der Waals surface area contributed by atoms with Crippen LogP contribution in [0.4, 0.5) is 0 Å². The number of rotatable bonds is 4. The predicted octanol–water partition coefficient (Wildman–Crippen LogP) is 4.44. The monoisotopic (exact) mass is 308 g/mol. The van der Waals surface area contributed by atoms with Crippen LogP contribution in [-0.4, -0.2) is 24.2 Å². The van der Waals surface area contributed by atoms with E-state index < -0.39 is 0 Å². The fourth-order valence-electron chi connectivity index (χ4n) is 2.63. The Balaban J connectivity index is 2.19. The molecule has 0 atom stereocenters. The fraction of sp³-hybridized carbons (Fsp3) is 0.263. The largest absolute Gasteiger partial charge is 0.497 e. The van der Waals surface area contributed by atoms with Gasteiger partial charge < -0.3 is 9.47 Å². The van der Waals surface area contributed by atoms with Crippen LogP contribution in [0.3, 0.4) is 0 Å². The second kappa shape index (κ2) is 6.24. The summed E-state index contributed by atoms with van der Waals surface area (Å²) < 4.78 is 10.5. The third kappa shape index (κ3) is 2.97. The van der Waals surface area contributed by atoms with Gasteiger partial charge in [0.15, 0.2) is 0 Å². The summed E-state index contributed by atoms with van der Waals surface area (Å²) in [7, 11) is 3.29. The predicted molar refractivity (Wildman–Crippen MR) is 92.2 cm³/mol. The molecule has 2 aromatic heterocycles. The van der Waals surface area contributed by atoms with Crippen molar-refractivity contribution < 1.29 is 9.47 Å². The van der Waals surface area contributed by atoms with Crippen molar-refractivity contribution in [2.45, 2.75) is 19.8 Å². The van der Waals surface area contributed by atoms with Crippen molar-refractivity contribution in [1.29, 1.82) is 0 Å². The number of fused-ring (bicyclic) bond motifs is 1. The lowest BCUT2D eigenvalue weighted by Gasteiger charge is -2.13. The molecule has 0 N–H and O–H groups in total. The molecule has 0 amide bonds. The zero-order valence-electron chi connectivity index (χ0n) is 13.8. The first kappa shape index (κ1) is 15.3. The van der Waals surface area contributed by atoms with E-state index >= 15 is 0 Å². The van der Waals surface area contributed by atoms with Gasteiger partial charge in [-0.05, 0) is 41.6 Å². The molecule has 0 fully saturated rings. The van der Waals surface area contributed by atoms with E-state index in [0.29, 0.717) is 11.8 Å². The summed E-state index contributed by atoms with van der Waals surface area (Å²) in [5, 5.41) is 2.28. The average Bonchev–Trinajstić information content (AvgIpc) is 2.60. The van der Waals surface area contributed by atoms with E-state index in [2.05, 4.69) is 31.0 Å². The standard InChI is InChI=1S/C19H20N2O2/c1-12(2)19-16-7-6-15(22-3)9-14(16)10-17(21-19)13-5-8-18(23-4)20-11-13/h5-12H,1-4H3. The Kier molecular flexibility index (Phi) is 4.15. The average molecular weight is 308 g/mol. The Bertz CT molecular complexity index is 827. The number of hydrogen-bond donors (Lipinski definition) is 0. The lowest BCUT2D eigenvalue weighted by Crippen LogP contribution is -1.98. The van der Waals surface area contributed by atoms with E-state index in [1.165, 1.54) is 0 Å². The Morgan fingerprint density at radius 1 is 0.957 bits per heavy atom. The Morgan fingerprint density at radius 2 is 1.78 bits per heavy atom. The molecule has 4 nitrogen and oxygen atoms in total. The Morgan fingerprint density at radius 3 is 2.39 bits per heavy atom. The Hall–Kier alpha value is -2.62. The summed E-state index contributed by atoms with van der Waals surface area (Å²) in [6, 6.07) is 12.0. The summed E-state index contributed by atoms with van der Waals surface area (Å²) >= 11 is 0. The van der Waals surface area contributed by atoms with Crippen molar-refractivity contribution in [3.63, 3.8) is 0 Å². The highest BCUT2D eigenvalue weighted by atomic mass is 16.5. The van der Waals surface area contributed by atoms with E-state index in [0.717, 1.165) is 33.5 Å². The summed E-state index contributed by atoms with van der Waals surface area (Å²) in [5.74, 6) is 1.77. The molecule has 23 heavy (non-hydrogen) atoms. The van der Waals surface area contributed by atoms with Crippen molar-refractivity contribution in [1.82, 2.24) is 9.97 Å². The molecule has 4 heteroatoms. The van der Waals surface area contributed by atoms with Gasteiger partial charge in [0.25, 0.3) is 0 Å². The summed E-state index contributed by atoms with van der Waals surface area (Å²) in [6.07, 6.45) is 1.79. The smallest absolute Gasteiger partial charge is 0.212 e. The van der Waals surface area contributed by atoms with Gasteiger partial charge in [-0.2, -0.15) is 0 Å². The Labute approximate surface area is 136 Å². The minimum atomic E-state index is 0.331. The molecule has 118 valence electrons. The molecule has 0 aliphatic rings. The van der Waals surface area contributed by atoms with Gasteiger partial charge in [-0.3, -0.25) is 4.98 Å². The van der Waals surface area contributed by atoms with Crippen LogP contribution >= 0.6 is 0 Å². The molecule has 0 aliphatic heterocycles. The number of ether oxygens (including phenoxy) is 2. The third-order valence-corrected chi connectivity index (χ3v) is 3.86. The van der Waals surface area contributed by atoms with Crippen LogP contribution in [0.5, 0.6) is 11.6 Å². The third-order valence-electron chi connectivity index (χ3n) is 3.86. The number of methoxy groups -OCH3 is 2. The molecule has 3 rings (SSSR count). The van der Waals surface area contributed by atoms with Gasteiger partial charge >= 0.3 is 0 Å². The van der Waals surface area contributed by atoms with Crippen molar-refractivity contribution >= 4 is 10.8 Å². The molecule has 0 saturated heterocycles. The van der Waals surface area contributed by atoms with E-state index in [1.54, 1.807) is 20.4 Å². The first-order chi connectivity index (χ1) is 11.1. The lowest BCUT2D eigenvalue weighted by molar-refractivity contribution is 0.398. The topological polar surface area (TPSA) is 44.2 Å². The van der Waals surface area contributed by atoms with Gasteiger partial charge in [0.05, 0.1) is 25.6 Å². The molecule has 2 heterocycles. The van der Waals surface area contributed by atoms with Crippen LogP contribution in [0.1, 0.15) is 25.5 Å². The molecule has 1 aromatic carbocycles. The molecule has 0 unspecified atom stereocenters. The first-order valence-electron chi connectivity index (χ1n) is 7.61. The second-order valence-corrected chi connectivity index (χ2v) is 5.72. The quantitative estimate of drug-likeness (QED) is 0.715. The van der Waals surface area contributed by atoms with E-state index in [4.69, 9.17) is 14.5 Å². The number of nitrogens with zero attached hydrogens (tertiary/aromatic N) is 2. The number of hydrogen-bond acceptors (Lipinski definition) is 4. The van der Waals surface area contributed by atoms with Crippen LogP contribution in [0, 0.1) is 0 Å². The first-order valence-corrected chi connectivity index (χ1v) is 7.61. The maximum Gasteiger partial charge on any atom is 0.212 e. The van der Waals surface area contributed by atoms with Crippen LogP contribution in [-0.2, 0) is 0 Å². The minimum Gasteiger partial charge on any atom is -0.497 e. The van der Waals surface area contributed by atoms with Gasteiger partial charge in [0, 0.05) is 23.2 Å². The zero-order valence-corrected chi connectivity index (χ0v) is 13.8. The van der Waals surface area contributed by atoms with E-state index in [1.807, 2.05) is 24.3 Å². The lowest BCUT2D eigenvalue weighted by atomic mass is 9.99. The zero-order chi connectivity index (χ0) is 16.4. The second-order valence-electron chi connectivity index (χ2n) is 5.72. The molecular weight excluding hydrogens is 288 g/mol. The number of benzene rings is 1. The number of aromatic nitrogens is 2. The molecule has 0 radical (unpaired) electrons. The van der Waals surface area contributed by atoms with Crippen molar-refractivity contribution in [3.8, 4) is 22.9 Å². The number of pyridine rings is 2. The SMILES string of the molecule is COc1ccc2c(C(C)C)nc(-c3ccc(OC)nc3)cc2c1. The highest BCUT2D eigenvalue weighted by Crippen LogP contribution is 2.31. The molecule has 3 aromatic rings. The highest BCUT2D eigenvalue weighted by molar-refractivity contribution is 5.89. The van der Waals surface area contributed by atoms with Crippen LogP contribution in [0.15, 0.2) is 42.6 Å². The van der Waals surface area contributed by atoms with Crippen molar-refractivity contribution in [2.75, 3.05) is 14.2 Å². The van der Waals surface area contributed by atoms with E-state index in [9.17, 15) is 0 Å². The normalized spacial score (nSPS) is 11.0. The van der Waals surface area contributed by atoms with Crippen LogP contribution < -0.4 is 9.47 Å². The van der Waals surface area contributed by atoms with Gasteiger partial charge in [0.2, 0.25) is 5.88 Å². The van der Waals surface area contributed by atoms with Gasteiger partial charge in [-0.15, -0.1) is 0 Å². The summed E-state index contributed by atoms with van der Waals surface area (Å²) in [4.78, 5) is 9.13. The van der Waals surface area contributed by atoms with Crippen LogP contribution in [0.25, 0.3) is 22.0 Å².